The van der Waals surface area contributed by atoms with E-state index in [-0.39, 0.29) is 12.6 Å². The first kappa shape index (κ1) is 12.8. The Bertz CT molecular complexity index is 457. The second-order valence-electron chi connectivity index (χ2n) is 3.79. The Balaban J connectivity index is 1.97. The molecule has 0 amide bonds. The van der Waals surface area contributed by atoms with Gasteiger partial charge in [0.2, 0.25) is 0 Å². The van der Waals surface area contributed by atoms with Crippen molar-refractivity contribution >= 4 is 27.3 Å². The molecule has 1 unspecified atom stereocenters. The Labute approximate surface area is 113 Å². The van der Waals surface area contributed by atoms with Crippen molar-refractivity contribution < 1.29 is 5.11 Å². The number of nitrogens with one attached hydrogen (secondary N) is 1. The maximum absolute atomic E-state index is 9.39. The minimum absolute atomic E-state index is 0.00474. The molecule has 2 nitrogen and oxygen atoms in total. The topological polar surface area (TPSA) is 32.3 Å². The van der Waals surface area contributed by atoms with E-state index in [1.807, 2.05) is 30.3 Å². The summed E-state index contributed by atoms with van der Waals surface area (Å²) in [6.07, 6.45) is 0. The van der Waals surface area contributed by atoms with Gasteiger partial charge in [-0.3, -0.25) is 0 Å². The van der Waals surface area contributed by atoms with Gasteiger partial charge in [0.1, 0.15) is 0 Å². The summed E-state index contributed by atoms with van der Waals surface area (Å²) in [5.74, 6) is 0. The van der Waals surface area contributed by atoms with Crippen molar-refractivity contribution in [3.63, 3.8) is 0 Å². The van der Waals surface area contributed by atoms with Gasteiger partial charge < -0.3 is 10.4 Å². The summed E-state index contributed by atoms with van der Waals surface area (Å²) in [7, 11) is 0. The lowest BCUT2D eigenvalue weighted by Crippen LogP contribution is -2.23. The summed E-state index contributed by atoms with van der Waals surface area (Å²) in [6.45, 7) is 0.873. The molecule has 0 aliphatic rings. The zero-order valence-electron chi connectivity index (χ0n) is 9.27. The van der Waals surface area contributed by atoms with Crippen molar-refractivity contribution in [2.24, 2.45) is 0 Å². The highest BCUT2D eigenvalue weighted by Crippen LogP contribution is 2.21. The van der Waals surface area contributed by atoms with E-state index in [0.29, 0.717) is 0 Å². The SMILES string of the molecule is OCC(NCc1csc(Br)c1)c1ccccc1. The van der Waals surface area contributed by atoms with Crippen LogP contribution in [-0.4, -0.2) is 11.7 Å². The summed E-state index contributed by atoms with van der Waals surface area (Å²) in [4.78, 5) is 0. The minimum atomic E-state index is -0.00474. The van der Waals surface area contributed by atoms with Crippen LogP contribution in [0.25, 0.3) is 0 Å². The number of rotatable bonds is 5. The summed E-state index contributed by atoms with van der Waals surface area (Å²) in [5.41, 5.74) is 2.35. The maximum Gasteiger partial charge on any atom is 0.0701 e. The lowest BCUT2D eigenvalue weighted by Gasteiger charge is -2.16. The van der Waals surface area contributed by atoms with Gasteiger partial charge in [-0.15, -0.1) is 11.3 Å². The molecular formula is C13H14BrNOS. The second kappa shape index (κ2) is 6.31. The molecular weight excluding hydrogens is 298 g/mol. The van der Waals surface area contributed by atoms with Crippen molar-refractivity contribution in [1.82, 2.24) is 5.32 Å². The molecule has 1 heterocycles. The Morgan fingerprint density at radius 1 is 1.29 bits per heavy atom. The highest BCUT2D eigenvalue weighted by Gasteiger charge is 2.09. The van der Waals surface area contributed by atoms with Gasteiger partial charge >= 0.3 is 0 Å². The Morgan fingerprint density at radius 2 is 2.06 bits per heavy atom. The first-order chi connectivity index (χ1) is 8.29. The fraction of sp³-hybridized carbons (Fsp3) is 0.231. The molecule has 1 aromatic carbocycles. The molecule has 0 saturated carbocycles. The molecule has 1 atom stereocenters. The molecule has 2 rings (SSSR count). The van der Waals surface area contributed by atoms with Crippen LogP contribution in [-0.2, 0) is 6.54 Å². The average Bonchev–Trinajstić information content (AvgIpc) is 2.77. The van der Waals surface area contributed by atoms with Crippen molar-refractivity contribution in [2.45, 2.75) is 12.6 Å². The normalized spacial score (nSPS) is 12.6. The molecule has 0 bridgehead atoms. The van der Waals surface area contributed by atoms with E-state index in [1.54, 1.807) is 11.3 Å². The molecule has 0 aliphatic heterocycles. The molecule has 90 valence electrons. The first-order valence-corrected chi connectivity index (χ1v) is 7.09. The van der Waals surface area contributed by atoms with Gasteiger partial charge in [0.05, 0.1) is 16.4 Å². The number of hydrogen-bond donors (Lipinski definition) is 2. The molecule has 0 aliphatic carbocycles. The quantitative estimate of drug-likeness (QED) is 0.887. The Morgan fingerprint density at radius 3 is 2.65 bits per heavy atom. The minimum Gasteiger partial charge on any atom is -0.394 e. The molecule has 2 aromatic rings. The number of benzene rings is 1. The summed E-state index contributed by atoms with van der Waals surface area (Å²) < 4.78 is 1.13. The molecule has 4 heteroatoms. The predicted octanol–water partition coefficient (Wildman–Crippen LogP) is 3.33. The third kappa shape index (κ3) is 3.64. The van der Waals surface area contributed by atoms with Crippen molar-refractivity contribution in [1.29, 1.82) is 0 Å². The Kier molecular flexibility index (Phi) is 4.74. The third-order valence-corrected chi connectivity index (χ3v) is 4.11. The van der Waals surface area contributed by atoms with Crippen molar-refractivity contribution in [2.75, 3.05) is 6.61 Å². The van der Waals surface area contributed by atoms with Gasteiger partial charge in [-0.05, 0) is 38.5 Å². The predicted molar refractivity (Wildman–Crippen MR) is 75.1 cm³/mol. The van der Waals surface area contributed by atoms with Gasteiger partial charge in [-0.2, -0.15) is 0 Å². The molecule has 0 spiro atoms. The van der Waals surface area contributed by atoms with Crippen molar-refractivity contribution in [3.8, 4) is 0 Å². The Hall–Kier alpha value is -0.680. The van der Waals surface area contributed by atoms with Crippen LogP contribution in [0.15, 0.2) is 45.6 Å². The van der Waals surface area contributed by atoms with Gasteiger partial charge in [0.25, 0.3) is 0 Å². The summed E-state index contributed by atoms with van der Waals surface area (Å²) in [6, 6.07) is 12.1. The van der Waals surface area contributed by atoms with Gasteiger partial charge in [0, 0.05) is 6.54 Å². The second-order valence-corrected chi connectivity index (χ2v) is 6.08. The number of aliphatic hydroxyl groups is 1. The molecule has 0 saturated heterocycles. The molecule has 0 fully saturated rings. The van der Waals surface area contributed by atoms with Gasteiger partial charge in [-0.1, -0.05) is 30.3 Å². The number of thiophene rings is 1. The number of aliphatic hydroxyl groups excluding tert-OH is 1. The highest BCUT2D eigenvalue weighted by molar-refractivity contribution is 9.11. The lowest BCUT2D eigenvalue weighted by atomic mass is 10.1. The summed E-state index contributed by atoms with van der Waals surface area (Å²) >= 11 is 5.12. The smallest absolute Gasteiger partial charge is 0.0701 e. The number of halogens is 1. The van der Waals surface area contributed by atoms with Gasteiger partial charge in [-0.25, -0.2) is 0 Å². The van der Waals surface area contributed by atoms with E-state index in [9.17, 15) is 5.11 Å². The largest absolute Gasteiger partial charge is 0.394 e. The van der Waals surface area contributed by atoms with Crippen LogP contribution in [0.4, 0.5) is 0 Å². The van der Waals surface area contributed by atoms with Crippen LogP contribution in [0.1, 0.15) is 17.2 Å². The average molecular weight is 312 g/mol. The molecule has 17 heavy (non-hydrogen) atoms. The van der Waals surface area contributed by atoms with E-state index in [4.69, 9.17) is 0 Å². The lowest BCUT2D eigenvalue weighted by molar-refractivity contribution is 0.243. The monoisotopic (exact) mass is 311 g/mol. The zero-order chi connectivity index (χ0) is 12.1. The number of hydrogen-bond acceptors (Lipinski definition) is 3. The molecule has 1 aromatic heterocycles. The van der Waals surface area contributed by atoms with Crippen LogP contribution in [0.3, 0.4) is 0 Å². The summed E-state index contributed by atoms with van der Waals surface area (Å²) in [5, 5.41) is 14.9. The molecule has 0 radical (unpaired) electrons. The fourth-order valence-electron chi connectivity index (χ4n) is 1.65. The first-order valence-electron chi connectivity index (χ1n) is 5.41. The van der Waals surface area contributed by atoms with E-state index >= 15 is 0 Å². The van der Waals surface area contributed by atoms with E-state index in [2.05, 4.69) is 32.7 Å². The highest BCUT2D eigenvalue weighted by atomic mass is 79.9. The van der Waals surface area contributed by atoms with Crippen LogP contribution in [0.5, 0.6) is 0 Å². The van der Waals surface area contributed by atoms with Crippen LogP contribution >= 0.6 is 27.3 Å². The third-order valence-electron chi connectivity index (χ3n) is 2.56. The van der Waals surface area contributed by atoms with E-state index < -0.39 is 0 Å². The fourth-order valence-corrected chi connectivity index (χ4v) is 2.86. The van der Waals surface area contributed by atoms with E-state index in [1.165, 1.54) is 5.56 Å². The van der Waals surface area contributed by atoms with E-state index in [0.717, 1.165) is 15.9 Å². The van der Waals surface area contributed by atoms with Crippen LogP contribution < -0.4 is 5.32 Å². The standard InChI is InChI=1S/C13H14BrNOS/c14-13-6-10(9-17-13)7-15-12(8-16)11-4-2-1-3-5-11/h1-6,9,12,15-16H,7-8H2. The zero-order valence-corrected chi connectivity index (χ0v) is 11.7. The van der Waals surface area contributed by atoms with Gasteiger partial charge in [0.15, 0.2) is 0 Å². The maximum atomic E-state index is 9.39. The van der Waals surface area contributed by atoms with Crippen molar-refractivity contribution in [3.05, 3.63) is 56.7 Å². The van der Waals surface area contributed by atoms with Crippen LogP contribution in [0.2, 0.25) is 0 Å². The molecule has 2 N–H and O–H groups in total. The van der Waals surface area contributed by atoms with Crippen LogP contribution in [0, 0.1) is 0 Å².